The fourth-order valence-electron chi connectivity index (χ4n) is 0.646. The number of hydrogen-bond acceptors (Lipinski definition) is 2. The van der Waals surface area contributed by atoms with Crippen LogP contribution in [0.25, 0.3) is 0 Å². The highest BCUT2D eigenvalue weighted by molar-refractivity contribution is 5.57. The SMILES string of the molecule is CCC1=CCNC=N1. The third kappa shape index (κ3) is 1.09. The summed E-state index contributed by atoms with van der Waals surface area (Å²) in [5, 5.41) is 2.98. The Morgan fingerprint density at radius 3 is 3.12 bits per heavy atom. The van der Waals surface area contributed by atoms with Crippen molar-refractivity contribution in [2.75, 3.05) is 6.54 Å². The van der Waals surface area contributed by atoms with E-state index in [4.69, 9.17) is 0 Å². The largest absolute Gasteiger partial charge is 0.373 e. The van der Waals surface area contributed by atoms with E-state index in [9.17, 15) is 0 Å². The summed E-state index contributed by atoms with van der Waals surface area (Å²) in [6.45, 7) is 3.04. The summed E-state index contributed by atoms with van der Waals surface area (Å²) in [4.78, 5) is 4.07. The summed E-state index contributed by atoms with van der Waals surface area (Å²) in [6.07, 6.45) is 4.89. The number of aliphatic imine (C=N–C) groups is 1. The van der Waals surface area contributed by atoms with Gasteiger partial charge in [0.1, 0.15) is 0 Å². The fourth-order valence-corrected chi connectivity index (χ4v) is 0.646. The highest BCUT2D eigenvalue weighted by Gasteiger charge is 1.90. The van der Waals surface area contributed by atoms with Crippen LogP contribution >= 0.6 is 0 Å². The second kappa shape index (κ2) is 2.50. The second-order valence-corrected chi connectivity index (χ2v) is 1.72. The first-order valence-electron chi connectivity index (χ1n) is 2.88. The Morgan fingerprint density at radius 2 is 2.75 bits per heavy atom. The van der Waals surface area contributed by atoms with E-state index in [1.54, 1.807) is 6.34 Å². The van der Waals surface area contributed by atoms with Crippen molar-refractivity contribution in [1.29, 1.82) is 0 Å². The summed E-state index contributed by atoms with van der Waals surface area (Å²) in [5.74, 6) is 0. The predicted octanol–water partition coefficient (Wildman–Crippen LogP) is 0.912. The third-order valence-electron chi connectivity index (χ3n) is 1.14. The van der Waals surface area contributed by atoms with Crippen molar-refractivity contribution in [2.24, 2.45) is 4.99 Å². The lowest BCUT2D eigenvalue weighted by molar-refractivity contribution is 0.958. The quantitative estimate of drug-likeness (QED) is 0.533. The van der Waals surface area contributed by atoms with Crippen LogP contribution in [-0.4, -0.2) is 12.9 Å². The Morgan fingerprint density at radius 1 is 1.88 bits per heavy atom. The van der Waals surface area contributed by atoms with Gasteiger partial charge in [-0.3, -0.25) is 0 Å². The molecule has 0 aromatic rings. The molecule has 0 bridgehead atoms. The summed E-state index contributed by atoms with van der Waals surface area (Å²) in [6, 6.07) is 0. The Labute approximate surface area is 49.3 Å². The highest BCUT2D eigenvalue weighted by Crippen LogP contribution is 2.01. The van der Waals surface area contributed by atoms with E-state index in [0.29, 0.717) is 0 Å². The van der Waals surface area contributed by atoms with Gasteiger partial charge in [-0.05, 0) is 12.5 Å². The van der Waals surface area contributed by atoms with E-state index in [0.717, 1.165) is 13.0 Å². The number of allylic oxidation sites excluding steroid dienone is 1. The molecule has 1 heterocycles. The Bertz CT molecular complexity index is 124. The lowest BCUT2D eigenvalue weighted by atomic mass is 10.3. The molecule has 0 amide bonds. The first-order chi connectivity index (χ1) is 3.93. The third-order valence-corrected chi connectivity index (χ3v) is 1.14. The molecule has 8 heavy (non-hydrogen) atoms. The van der Waals surface area contributed by atoms with Gasteiger partial charge in [0.25, 0.3) is 0 Å². The maximum atomic E-state index is 4.07. The number of nitrogens with one attached hydrogen (secondary N) is 1. The molecule has 0 fully saturated rings. The minimum Gasteiger partial charge on any atom is -0.373 e. The molecule has 0 saturated heterocycles. The molecule has 0 spiro atoms. The molecule has 1 aliphatic heterocycles. The zero-order chi connectivity index (χ0) is 5.82. The van der Waals surface area contributed by atoms with Gasteiger partial charge in [0, 0.05) is 12.2 Å². The Hall–Kier alpha value is -0.790. The lowest BCUT2D eigenvalue weighted by Crippen LogP contribution is -2.14. The van der Waals surface area contributed by atoms with Crippen LogP contribution in [0.4, 0.5) is 0 Å². The van der Waals surface area contributed by atoms with Crippen LogP contribution in [0.5, 0.6) is 0 Å². The summed E-state index contributed by atoms with van der Waals surface area (Å²) in [5.41, 5.74) is 1.18. The van der Waals surface area contributed by atoms with Crippen molar-refractivity contribution in [3.63, 3.8) is 0 Å². The molecule has 0 unspecified atom stereocenters. The molecule has 0 aromatic heterocycles. The smallest absolute Gasteiger partial charge is 0.0884 e. The molecule has 2 nitrogen and oxygen atoms in total. The van der Waals surface area contributed by atoms with Gasteiger partial charge in [-0.15, -0.1) is 0 Å². The van der Waals surface area contributed by atoms with Crippen molar-refractivity contribution in [1.82, 2.24) is 5.32 Å². The van der Waals surface area contributed by atoms with Crippen LogP contribution in [0.1, 0.15) is 13.3 Å². The van der Waals surface area contributed by atoms with Crippen LogP contribution < -0.4 is 5.32 Å². The zero-order valence-electron chi connectivity index (χ0n) is 5.02. The van der Waals surface area contributed by atoms with Crippen molar-refractivity contribution >= 4 is 6.34 Å². The summed E-state index contributed by atoms with van der Waals surface area (Å²) >= 11 is 0. The van der Waals surface area contributed by atoms with Gasteiger partial charge in [-0.25, -0.2) is 4.99 Å². The highest BCUT2D eigenvalue weighted by atomic mass is 15.0. The van der Waals surface area contributed by atoms with Crippen LogP contribution in [0.3, 0.4) is 0 Å². The van der Waals surface area contributed by atoms with Crippen molar-refractivity contribution in [2.45, 2.75) is 13.3 Å². The molecule has 2 heteroatoms. The predicted molar refractivity (Wildman–Crippen MR) is 34.9 cm³/mol. The van der Waals surface area contributed by atoms with Crippen LogP contribution in [0.2, 0.25) is 0 Å². The van der Waals surface area contributed by atoms with E-state index >= 15 is 0 Å². The molecule has 1 aliphatic rings. The summed E-state index contributed by atoms with van der Waals surface area (Å²) < 4.78 is 0. The Balaban J connectivity index is 2.51. The average molecular weight is 110 g/mol. The molecule has 0 saturated carbocycles. The molecular formula is C6H10N2. The van der Waals surface area contributed by atoms with E-state index < -0.39 is 0 Å². The molecule has 0 aliphatic carbocycles. The minimum atomic E-state index is 0.937. The van der Waals surface area contributed by atoms with E-state index in [1.165, 1.54) is 5.70 Å². The Kier molecular flexibility index (Phi) is 1.67. The van der Waals surface area contributed by atoms with Crippen LogP contribution in [0, 0.1) is 0 Å². The van der Waals surface area contributed by atoms with E-state index in [2.05, 4.69) is 23.3 Å². The molecule has 0 aromatic carbocycles. The second-order valence-electron chi connectivity index (χ2n) is 1.72. The van der Waals surface area contributed by atoms with Gasteiger partial charge in [0.15, 0.2) is 0 Å². The first-order valence-corrected chi connectivity index (χ1v) is 2.88. The zero-order valence-corrected chi connectivity index (χ0v) is 5.02. The van der Waals surface area contributed by atoms with Gasteiger partial charge in [0.2, 0.25) is 0 Å². The maximum Gasteiger partial charge on any atom is 0.0884 e. The topological polar surface area (TPSA) is 24.4 Å². The number of nitrogens with zero attached hydrogens (tertiary/aromatic N) is 1. The lowest BCUT2D eigenvalue weighted by Gasteiger charge is -2.03. The number of hydrogen-bond donors (Lipinski definition) is 1. The number of rotatable bonds is 1. The monoisotopic (exact) mass is 110 g/mol. The van der Waals surface area contributed by atoms with Crippen LogP contribution in [-0.2, 0) is 0 Å². The van der Waals surface area contributed by atoms with E-state index in [1.807, 2.05) is 0 Å². The molecule has 0 radical (unpaired) electrons. The van der Waals surface area contributed by atoms with Gasteiger partial charge in [-0.2, -0.15) is 0 Å². The van der Waals surface area contributed by atoms with Gasteiger partial charge in [0.05, 0.1) is 6.34 Å². The average Bonchev–Trinajstić information content (AvgIpc) is 1.90. The van der Waals surface area contributed by atoms with E-state index in [-0.39, 0.29) is 0 Å². The van der Waals surface area contributed by atoms with Crippen LogP contribution in [0.15, 0.2) is 16.8 Å². The normalized spacial score (nSPS) is 17.4. The molecular weight excluding hydrogens is 100 g/mol. The maximum absolute atomic E-state index is 4.07. The van der Waals surface area contributed by atoms with Crippen molar-refractivity contribution in [3.8, 4) is 0 Å². The molecule has 1 rings (SSSR count). The molecule has 0 atom stereocenters. The molecule has 1 N–H and O–H groups in total. The summed E-state index contributed by atoms with van der Waals surface area (Å²) in [7, 11) is 0. The first kappa shape index (κ1) is 5.35. The fraction of sp³-hybridized carbons (Fsp3) is 0.500. The van der Waals surface area contributed by atoms with Crippen molar-refractivity contribution in [3.05, 3.63) is 11.8 Å². The van der Waals surface area contributed by atoms with Gasteiger partial charge < -0.3 is 5.32 Å². The standard InChI is InChI=1S/C6H10N2/c1-2-6-3-4-7-5-8-6/h3,5H,2,4H2,1H3,(H,7,8). The minimum absolute atomic E-state index is 0.937. The molecule has 44 valence electrons. The van der Waals surface area contributed by atoms with Crippen molar-refractivity contribution < 1.29 is 0 Å². The van der Waals surface area contributed by atoms with Gasteiger partial charge in [-0.1, -0.05) is 6.92 Å². The van der Waals surface area contributed by atoms with Gasteiger partial charge >= 0.3 is 0 Å².